The first-order valence-corrected chi connectivity index (χ1v) is 6.66. The monoisotopic (exact) mass is 283 g/mol. The van der Waals surface area contributed by atoms with Gasteiger partial charge in [0.1, 0.15) is 0 Å². The highest BCUT2D eigenvalue weighted by atomic mass is 79.9. The number of aliphatic hydroxyl groups is 1. The molecular formula is C13H18BrNO. The minimum absolute atomic E-state index is 0.280. The molecule has 1 aliphatic rings. The first kappa shape index (κ1) is 12.1. The van der Waals surface area contributed by atoms with Crippen LogP contribution in [0.5, 0.6) is 0 Å². The lowest BCUT2D eigenvalue weighted by Crippen LogP contribution is -2.31. The molecule has 0 radical (unpaired) electrons. The Kier molecular flexibility index (Phi) is 4.00. The summed E-state index contributed by atoms with van der Waals surface area (Å²) >= 11 is 3.52. The summed E-state index contributed by atoms with van der Waals surface area (Å²) in [5.41, 5.74) is 2.83. The topological polar surface area (TPSA) is 32.3 Å². The van der Waals surface area contributed by atoms with Crippen LogP contribution in [0.25, 0.3) is 0 Å². The van der Waals surface area contributed by atoms with Crippen LogP contribution in [0.3, 0.4) is 0 Å². The Morgan fingerprint density at radius 1 is 1.56 bits per heavy atom. The van der Waals surface area contributed by atoms with Gasteiger partial charge in [0.05, 0.1) is 6.10 Å². The number of benzene rings is 1. The van der Waals surface area contributed by atoms with Crippen LogP contribution in [0, 0.1) is 0 Å². The summed E-state index contributed by atoms with van der Waals surface area (Å²) < 4.78 is 1.14. The summed E-state index contributed by atoms with van der Waals surface area (Å²) in [6, 6.07) is 6.91. The molecule has 0 saturated heterocycles. The van der Waals surface area contributed by atoms with Gasteiger partial charge in [0.25, 0.3) is 0 Å². The molecule has 0 fully saturated rings. The van der Waals surface area contributed by atoms with Gasteiger partial charge in [0.15, 0.2) is 0 Å². The van der Waals surface area contributed by atoms with Gasteiger partial charge in [-0.3, -0.25) is 0 Å². The summed E-state index contributed by atoms with van der Waals surface area (Å²) in [7, 11) is 0. The third kappa shape index (κ3) is 2.84. The fourth-order valence-electron chi connectivity index (χ4n) is 2.29. The number of hydrogen-bond donors (Lipinski definition) is 2. The van der Waals surface area contributed by atoms with Crippen LogP contribution in [0.2, 0.25) is 0 Å². The number of halogens is 1. The fourth-order valence-corrected chi connectivity index (χ4v) is 2.67. The van der Waals surface area contributed by atoms with Crippen molar-refractivity contribution in [3.63, 3.8) is 0 Å². The molecule has 2 rings (SSSR count). The number of fused-ring (bicyclic) bond motifs is 1. The SMILES string of the molecule is C[C@@H](O)CNC1CCCc2ccc(Br)cc21. The maximum absolute atomic E-state index is 9.31. The van der Waals surface area contributed by atoms with Crippen LogP contribution >= 0.6 is 15.9 Å². The van der Waals surface area contributed by atoms with Gasteiger partial charge in [0.2, 0.25) is 0 Å². The first-order chi connectivity index (χ1) is 7.66. The molecular weight excluding hydrogens is 266 g/mol. The normalized spacial score (nSPS) is 21.6. The van der Waals surface area contributed by atoms with Gasteiger partial charge < -0.3 is 10.4 Å². The molecule has 0 amide bonds. The van der Waals surface area contributed by atoms with Crippen molar-refractivity contribution >= 4 is 15.9 Å². The Bertz CT molecular complexity index is 365. The van der Waals surface area contributed by atoms with Crippen LogP contribution in [-0.4, -0.2) is 17.8 Å². The van der Waals surface area contributed by atoms with E-state index in [1.54, 1.807) is 0 Å². The van der Waals surface area contributed by atoms with Gasteiger partial charge >= 0.3 is 0 Å². The standard InChI is InChI=1S/C13H18BrNO/c1-9(16)8-15-13-4-2-3-10-5-6-11(14)7-12(10)13/h5-7,9,13,15-16H,2-4,8H2,1H3/t9-,13?/m1/s1. The molecule has 2 N–H and O–H groups in total. The molecule has 1 aromatic carbocycles. The molecule has 16 heavy (non-hydrogen) atoms. The van der Waals surface area contributed by atoms with Crippen molar-refractivity contribution in [1.29, 1.82) is 0 Å². The van der Waals surface area contributed by atoms with E-state index in [-0.39, 0.29) is 6.10 Å². The Balaban J connectivity index is 2.15. The van der Waals surface area contributed by atoms with Crippen molar-refractivity contribution in [2.45, 2.75) is 38.3 Å². The summed E-state index contributed by atoms with van der Waals surface area (Å²) in [6.07, 6.45) is 3.29. The molecule has 0 spiro atoms. The Hall–Kier alpha value is -0.380. The molecule has 0 bridgehead atoms. The molecule has 0 aromatic heterocycles. The Morgan fingerprint density at radius 2 is 2.38 bits per heavy atom. The van der Waals surface area contributed by atoms with Gasteiger partial charge in [-0.15, -0.1) is 0 Å². The number of nitrogens with one attached hydrogen (secondary N) is 1. The van der Waals surface area contributed by atoms with Crippen molar-refractivity contribution in [3.8, 4) is 0 Å². The highest BCUT2D eigenvalue weighted by Crippen LogP contribution is 2.31. The second-order valence-electron chi connectivity index (χ2n) is 4.55. The largest absolute Gasteiger partial charge is 0.392 e. The van der Waals surface area contributed by atoms with Gasteiger partial charge in [-0.2, -0.15) is 0 Å². The lowest BCUT2D eigenvalue weighted by atomic mass is 9.88. The van der Waals surface area contributed by atoms with E-state index in [4.69, 9.17) is 0 Å². The predicted octanol–water partition coefficient (Wildman–Crippen LogP) is 2.80. The zero-order valence-electron chi connectivity index (χ0n) is 9.54. The van der Waals surface area contributed by atoms with Crippen molar-refractivity contribution in [2.24, 2.45) is 0 Å². The predicted molar refractivity (Wildman–Crippen MR) is 69.5 cm³/mol. The molecule has 88 valence electrons. The smallest absolute Gasteiger partial charge is 0.0636 e. The number of rotatable bonds is 3. The van der Waals surface area contributed by atoms with Crippen LogP contribution in [0.15, 0.2) is 22.7 Å². The van der Waals surface area contributed by atoms with Gasteiger partial charge in [-0.25, -0.2) is 0 Å². The Labute approximate surface area is 105 Å². The van der Waals surface area contributed by atoms with Gasteiger partial charge in [-0.05, 0) is 49.4 Å². The van der Waals surface area contributed by atoms with Crippen molar-refractivity contribution < 1.29 is 5.11 Å². The molecule has 1 aliphatic carbocycles. The van der Waals surface area contributed by atoms with E-state index in [2.05, 4.69) is 39.4 Å². The van der Waals surface area contributed by atoms with E-state index in [9.17, 15) is 5.11 Å². The minimum Gasteiger partial charge on any atom is -0.392 e. The van der Waals surface area contributed by atoms with Crippen molar-refractivity contribution in [3.05, 3.63) is 33.8 Å². The van der Waals surface area contributed by atoms with Crippen LogP contribution < -0.4 is 5.32 Å². The molecule has 1 unspecified atom stereocenters. The second-order valence-corrected chi connectivity index (χ2v) is 5.46. The average molecular weight is 284 g/mol. The molecule has 2 nitrogen and oxygen atoms in total. The lowest BCUT2D eigenvalue weighted by molar-refractivity contribution is 0.184. The second kappa shape index (κ2) is 5.30. The maximum Gasteiger partial charge on any atom is 0.0636 e. The third-order valence-electron chi connectivity index (χ3n) is 3.08. The van der Waals surface area contributed by atoms with E-state index in [1.807, 2.05) is 6.92 Å². The summed E-state index contributed by atoms with van der Waals surface area (Å²) in [6.45, 7) is 2.48. The Morgan fingerprint density at radius 3 is 3.12 bits per heavy atom. The molecule has 1 aromatic rings. The molecule has 3 heteroatoms. The van der Waals surface area contributed by atoms with Gasteiger partial charge in [0, 0.05) is 17.1 Å². The quantitative estimate of drug-likeness (QED) is 0.894. The molecule has 2 atom stereocenters. The zero-order valence-corrected chi connectivity index (χ0v) is 11.1. The lowest BCUT2D eigenvalue weighted by Gasteiger charge is -2.27. The first-order valence-electron chi connectivity index (χ1n) is 5.86. The van der Waals surface area contributed by atoms with E-state index >= 15 is 0 Å². The van der Waals surface area contributed by atoms with Crippen molar-refractivity contribution in [1.82, 2.24) is 5.32 Å². The number of hydrogen-bond acceptors (Lipinski definition) is 2. The van der Waals surface area contributed by atoms with E-state index in [0.717, 1.165) is 10.9 Å². The van der Waals surface area contributed by atoms with Crippen molar-refractivity contribution in [2.75, 3.05) is 6.54 Å². The molecule has 0 heterocycles. The highest BCUT2D eigenvalue weighted by molar-refractivity contribution is 9.10. The number of aryl methyl sites for hydroxylation is 1. The molecule has 0 saturated carbocycles. The summed E-state index contributed by atoms with van der Waals surface area (Å²) in [4.78, 5) is 0. The van der Waals surface area contributed by atoms with Crippen LogP contribution in [0.1, 0.15) is 36.9 Å². The fraction of sp³-hybridized carbons (Fsp3) is 0.538. The maximum atomic E-state index is 9.31. The van der Waals surface area contributed by atoms with E-state index in [0.29, 0.717) is 12.6 Å². The summed E-state index contributed by atoms with van der Waals surface area (Å²) in [5.74, 6) is 0. The molecule has 0 aliphatic heterocycles. The zero-order chi connectivity index (χ0) is 11.5. The van der Waals surface area contributed by atoms with E-state index < -0.39 is 0 Å². The highest BCUT2D eigenvalue weighted by Gasteiger charge is 2.19. The number of aliphatic hydroxyl groups excluding tert-OH is 1. The summed E-state index contributed by atoms with van der Waals surface area (Å²) in [5, 5.41) is 12.7. The van der Waals surface area contributed by atoms with E-state index in [1.165, 1.54) is 24.0 Å². The minimum atomic E-state index is -0.280. The van der Waals surface area contributed by atoms with Gasteiger partial charge in [-0.1, -0.05) is 22.0 Å². The third-order valence-corrected chi connectivity index (χ3v) is 3.58. The van der Waals surface area contributed by atoms with Crippen LogP contribution in [0.4, 0.5) is 0 Å². The average Bonchev–Trinajstić information content (AvgIpc) is 2.26. The van der Waals surface area contributed by atoms with Crippen LogP contribution in [-0.2, 0) is 6.42 Å².